The molecule has 0 aliphatic carbocycles. The van der Waals surface area contributed by atoms with Crippen molar-refractivity contribution in [3.8, 4) is 16.8 Å². The van der Waals surface area contributed by atoms with Gasteiger partial charge in [-0.2, -0.15) is 0 Å². The molecular formula is C31H24N2. The quantitative estimate of drug-likeness (QED) is 0.292. The van der Waals surface area contributed by atoms with E-state index < -0.39 is 0 Å². The van der Waals surface area contributed by atoms with E-state index in [1.165, 1.54) is 49.6 Å². The number of rotatable bonds is 4. The lowest BCUT2D eigenvalue weighted by Crippen LogP contribution is -1.94. The number of nitrogens with zero attached hydrogens (tertiary/aromatic N) is 1. The zero-order valence-electron chi connectivity index (χ0n) is 18.5. The lowest BCUT2D eigenvalue weighted by Gasteiger charge is -2.10. The van der Waals surface area contributed by atoms with Gasteiger partial charge in [0.1, 0.15) is 0 Å². The molecule has 0 bridgehead atoms. The standard InChI is InChI=1S/C31H24N2/c1-3-10-24-27-20-22(17-18-29(27)32-28(24)4-2)21-11-9-12-23(19-21)33-30-15-7-5-13-25(30)26-14-6-8-16-31(26)33/h3-20,32H,2H2,1H3/b10-3-. The molecule has 6 rings (SSSR count). The number of allylic oxidation sites excluding steroid dienone is 1. The Morgan fingerprint density at radius 3 is 2.12 bits per heavy atom. The van der Waals surface area contributed by atoms with E-state index in [1.807, 2.05) is 13.0 Å². The monoisotopic (exact) mass is 424 g/mol. The first-order chi connectivity index (χ1) is 16.3. The van der Waals surface area contributed by atoms with Crippen LogP contribution in [0.25, 0.3) is 61.7 Å². The highest BCUT2D eigenvalue weighted by Crippen LogP contribution is 2.34. The molecule has 158 valence electrons. The minimum atomic E-state index is 1.05. The number of benzene rings is 4. The van der Waals surface area contributed by atoms with Crippen LogP contribution in [0.2, 0.25) is 0 Å². The maximum Gasteiger partial charge on any atom is 0.0541 e. The normalized spacial score (nSPS) is 11.8. The fraction of sp³-hybridized carbons (Fsp3) is 0.0323. The topological polar surface area (TPSA) is 20.7 Å². The summed E-state index contributed by atoms with van der Waals surface area (Å²) in [5, 5.41) is 3.77. The summed E-state index contributed by atoms with van der Waals surface area (Å²) in [4.78, 5) is 3.48. The molecule has 0 unspecified atom stereocenters. The lowest BCUT2D eigenvalue weighted by atomic mass is 10.0. The van der Waals surface area contributed by atoms with E-state index in [9.17, 15) is 0 Å². The molecule has 0 fully saturated rings. The number of fused-ring (bicyclic) bond motifs is 4. The van der Waals surface area contributed by atoms with Crippen LogP contribution in [0.15, 0.2) is 104 Å². The van der Waals surface area contributed by atoms with Crippen molar-refractivity contribution in [1.82, 2.24) is 9.55 Å². The summed E-state index contributed by atoms with van der Waals surface area (Å²) >= 11 is 0. The highest BCUT2D eigenvalue weighted by molar-refractivity contribution is 6.09. The van der Waals surface area contributed by atoms with Crippen molar-refractivity contribution in [3.63, 3.8) is 0 Å². The van der Waals surface area contributed by atoms with Gasteiger partial charge in [-0.15, -0.1) is 0 Å². The molecular weight excluding hydrogens is 400 g/mol. The van der Waals surface area contributed by atoms with Crippen LogP contribution in [-0.4, -0.2) is 9.55 Å². The van der Waals surface area contributed by atoms with Crippen molar-refractivity contribution < 1.29 is 0 Å². The van der Waals surface area contributed by atoms with Crippen LogP contribution in [0.4, 0.5) is 0 Å². The Morgan fingerprint density at radius 1 is 0.727 bits per heavy atom. The van der Waals surface area contributed by atoms with Crippen molar-refractivity contribution in [2.24, 2.45) is 0 Å². The van der Waals surface area contributed by atoms with Gasteiger partial charge in [-0.1, -0.05) is 73.3 Å². The molecule has 0 aliphatic rings. The van der Waals surface area contributed by atoms with Crippen molar-refractivity contribution in [2.45, 2.75) is 6.92 Å². The number of H-pyrrole nitrogens is 1. The molecule has 4 aromatic carbocycles. The molecule has 0 atom stereocenters. The third-order valence-corrected chi connectivity index (χ3v) is 6.42. The van der Waals surface area contributed by atoms with E-state index in [0.717, 1.165) is 11.2 Å². The van der Waals surface area contributed by atoms with E-state index in [4.69, 9.17) is 0 Å². The molecule has 0 saturated heterocycles. The Morgan fingerprint density at radius 2 is 1.42 bits per heavy atom. The average molecular weight is 425 g/mol. The first-order valence-electron chi connectivity index (χ1n) is 11.3. The number of hydrogen-bond donors (Lipinski definition) is 1. The summed E-state index contributed by atoms with van der Waals surface area (Å²) in [5.74, 6) is 0. The number of para-hydroxylation sites is 2. The Bertz CT molecular complexity index is 1640. The summed E-state index contributed by atoms with van der Waals surface area (Å²) < 4.78 is 2.37. The second-order valence-corrected chi connectivity index (χ2v) is 8.34. The van der Waals surface area contributed by atoms with Crippen molar-refractivity contribution in [2.75, 3.05) is 0 Å². The molecule has 6 aromatic rings. The number of aromatic amines is 1. The third-order valence-electron chi connectivity index (χ3n) is 6.42. The van der Waals surface area contributed by atoms with Gasteiger partial charge >= 0.3 is 0 Å². The largest absolute Gasteiger partial charge is 0.355 e. The van der Waals surface area contributed by atoms with Gasteiger partial charge in [0.15, 0.2) is 0 Å². The molecule has 0 amide bonds. The van der Waals surface area contributed by atoms with Crippen molar-refractivity contribution in [3.05, 3.63) is 115 Å². The fourth-order valence-corrected chi connectivity index (χ4v) is 4.95. The van der Waals surface area contributed by atoms with Crippen LogP contribution in [0.1, 0.15) is 18.2 Å². The Labute approximate surface area is 193 Å². The van der Waals surface area contributed by atoms with E-state index >= 15 is 0 Å². The summed E-state index contributed by atoms with van der Waals surface area (Å²) in [7, 11) is 0. The number of hydrogen-bond acceptors (Lipinski definition) is 0. The first-order valence-corrected chi connectivity index (χ1v) is 11.3. The predicted molar refractivity (Wildman–Crippen MR) is 143 cm³/mol. The van der Waals surface area contributed by atoms with Gasteiger partial charge < -0.3 is 9.55 Å². The summed E-state index contributed by atoms with van der Waals surface area (Å²) in [6, 6.07) is 32.7. The highest BCUT2D eigenvalue weighted by Gasteiger charge is 2.13. The zero-order valence-corrected chi connectivity index (χ0v) is 18.5. The molecule has 2 heterocycles. The molecule has 0 saturated carbocycles. The predicted octanol–water partition coefficient (Wildman–Crippen LogP) is 8.61. The van der Waals surface area contributed by atoms with E-state index in [2.05, 4.69) is 119 Å². The van der Waals surface area contributed by atoms with E-state index in [0.29, 0.717) is 0 Å². The Balaban J connectivity index is 1.56. The van der Waals surface area contributed by atoms with Crippen molar-refractivity contribution >= 4 is 44.9 Å². The third kappa shape index (κ3) is 3.03. The average Bonchev–Trinajstić information content (AvgIpc) is 3.39. The summed E-state index contributed by atoms with van der Waals surface area (Å²) in [5.41, 5.74) is 9.38. The molecule has 2 heteroatoms. The van der Waals surface area contributed by atoms with Gasteiger partial charge in [-0.3, -0.25) is 0 Å². The molecule has 1 N–H and O–H groups in total. The first kappa shape index (κ1) is 19.4. The Kier molecular flexibility index (Phi) is 4.51. The zero-order chi connectivity index (χ0) is 22.4. The molecule has 33 heavy (non-hydrogen) atoms. The second kappa shape index (κ2) is 7.68. The lowest BCUT2D eigenvalue weighted by molar-refractivity contribution is 1.18. The van der Waals surface area contributed by atoms with Crippen LogP contribution in [0, 0.1) is 0 Å². The van der Waals surface area contributed by atoms with Crippen LogP contribution >= 0.6 is 0 Å². The van der Waals surface area contributed by atoms with Gasteiger partial charge in [0, 0.05) is 38.6 Å². The highest BCUT2D eigenvalue weighted by atomic mass is 15.0. The van der Waals surface area contributed by atoms with E-state index in [1.54, 1.807) is 0 Å². The van der Waals surface area contributed by atoms with Crippen LogP contribution in [-0.2, 0) is 0 Å². The smallest absolute Gasteiger partial charge is 0.0541 e. The minimum Gasteiger partial charge on any atom is -0.355 e. The molecule has 2 aromatic heterocycles. The molecule has 2 nitrogen and oxygen atoms in total. The van der Waals surface area contributed by atoms with Gasteiger partial charge in [0.2, 0.25) is 0 Å². The fourth-order valence-electron chi connectivity index (χ4n) is 4.95. The number of nitrogens with one attached hydrogen (secondary N) is 1. The maximum atomic E-state index is 3.97. The second-order valence-electron chi connectivity index (χ2n) is 8.34. The van der Waals surface area contributed by atoms with Gasteiger partial charge in [0.25, 0.3) is 0 Å². The van der Waals surface area contributed by atoms with Gasteiger partial charge in [-0.25, -0.2) is 0 Å². The van der Waals surface area contributed by atoms with Gasteiger partial charge in [-0.05, 0) is 60.5 Å². The summed E-state index contributed by atoms with van der Waals surface area (Å²) in [6.45, 7) is 6.02. The Hall–Kier alpha value is -4.30. The SMILES string of the molecule is C=Cc1[nH]c2ccc(-c3cccc(-n4c5ccccc5c5ccccc54)c3)cc2c1/C=C\C. The van der Waals surface area contributed by atoms with E-state index in [-0.39, 0.29) is 0 Å². The molecule has 0 spiro atoms. The maximum absolute atomic E-state index is 3.97. The molecule has 0 aliphatic heterocycles. The molecule has 0 radical (unpaired) electrons. The van der Waals surface area contributed by atoms with Crippen LogP contribution in [0.3, 0.4) is 0 Å². The number of aromatic nitrogens is 2. The summed E-state index contributed by atoms with van der Waals surface area (Å²) in [6.07, 6.45) is 6.11. The van der Waals surface area contributed by atoms with Crippen LogP contribution in [0.5, 0.6) is 0 Å². The van der Waals surface area contributed by atoms with Gasteiger partial charge in [0.05, 0.1) is 11.0 Å². The van der Waals surface area contributed by atoms with Crippen molar-refractivity contribution in [1.29, 1.82) is 0 Å². The minimum absolute atomic E-state index is 1.05. The van der Waals surface area contributed by atoms with Crippen LogP contribution < -0.4 is 0 Å².